The fourth-order valence-electron chi connectivity index (χ4n) is 6.68. The maximum Gasteiger partial charge on any atom is 0.335 e. The van der Waals surface area contributed by atoms with Crippen LogP contribution in [0.1, 0.15) is 75.7 Å². The molecule has 0 bridgehead atoms. The summed E-state index contributed by atoms with van der Waals surface area (Å²) in [6.07, 6.45) is 7.78. The first kappa shape index (κ1) is 25.2. The quantitative estimate of drug-likeness (QED) is 0.303. The topological polar surface area (TPSA) is 66.8 Å². The highest BCUT2D eigenvalue weighted by Gasteiger charge is 2.52. The van der Waals surface area contributed by atoms with Gasteiger partial charge in [0.25, 0.3) is 0 Å². The molecular formula is C27H36Br2O4. The molecule has 33 heavy (non-hydrogen) atoms. The van der Waals surface area contributed by atoms with Crippen molar-refractivity contribution >= 4 is 37.8 Å². The van der Waals surface area contributed by atoms with Gasteiger partial charge in [0, 0.05) is 9.65 Å². The first-order valence-corrected chi connectivity index (χ1v) is 13.9. The molecule has 0 amide bonds. The van der Waals surface area contributed by atoms with Crippen LogP contribution in [0.2, 0.25) is 0 Å². The van der Waals surface area contributed by atoms with E-state index in [9.17, 15) is 15.0 Å². The zero-order valence-electron chi connectivity index (χ0n) is 20.0. The minimum Gasteiger partial charge on any atom is -0.489 e. The van der Waals surface area contributed by atoms with Crippen molar-refractivity contribution in [1.29, 1.82) is 0 Å². The molecule has 6 atom stereocenters. The molecule has 3 aliphatic rings. The summed E-state index contributed by atoms with van der Waals surface area (Å²) < 4.78 is 6.13. The van der Waals surface area contributed by atoms with E-state index in [2.05, 4.69) is 58.7 Å². The van der Waals surface area contributed by atoms with Crippen molar-refractivity contribution in [2.45, 2.75) is 81.5 Å². The predicted octanol–water partition coefficient (Wildman–Crippen LogP) is 6.77. The number of rotatable bonds is 4. The van der Waals surface area contributed by atoms with Gasteiger partial charge in [0.2, 0.25) is 0 Å². The van der Waals surface area contributed by atoms with Gasteiger partial charge in [-0.3, -0.25) is 0 Å². The second kappa shape index (κ2) is 8.98. The third-order valence-corrected chi connectivity index (χ3v) is 12.1. The van der Waals surface area contributed by atoms with E-state index in [-0.39, 0.29) is 22.7 Å². The number of alkyl halides is 2. The lowest BCUT2D eigenvalue weighted by atomic mass is 9.57. The molecular weight excluding hydrogens is 548 g/mol. The maximum absolute atomic E-state index is 11.6. The predicted molar refractivity (Wildman–Crippen MR) is 139 cm³/mol. The Morgan fingerprint density at radius 1 is 1.18 bits per heavy atom. The second-order valence-electron chi connectivity index (χ2n) is 11.4. The van der Waals surface area contributed by atoms with Crippen LogP contribution >= 0.6 is 31.9 Å². The summed E-state index contributed by atoms with van der Waals surface area (Å²) in [5.41, 5.74) is 1.90. The number of benzene rings is 1. The monoisotopic (exact) mass is 582 g/mol. The number of aromatic carboxylic acids is 1. The van der Waals surface area contributed by atoms with Gasteiger partial charge < -0.3 is 14.9 Å². The molecule has 1 heterocycles. The number of ether oxygens (including phenoxy) is 1. The fraction of sp³-hybridized carbons (Fsp3) is 0.667. The van der Waals surface area contributed by atoms with Gasteiger partial charge in [-0.15, -0.1) is 0 Å². The molecule has 0 radical (unpaired) electrons. The van der Waals surface area contributed by atoms with Crippen LogP contribution in [0.4, 0.5) is 0 Å². The lowest BCUT2D eigenvalue weighted by Crippen LogP contribution is -2.52. The van der Waals surface area contributed by atoms with Gasteiger partial charge in [-0.05, 0) is 97.5 Å². The van der Waals surface area contributed by atoms with Crippen molar-refractivity contribution in [3.8, 4) is 5.75 Å². The highest BCUT2D eigenvalue weighted by atomic mass is 79.9. The minimum atomic E-state index is -0.909. The molecule has 2 N–H and O–H groups in total. The SMILES string of the molecule is CC1(O)CCC(Br)C(C)(C)C1CCC1(C)C(Br)CC=C2COc3ccc(C(=O)O)cc3CC21. The lowest BCUT2D eigenvalue weighted by molar-refractivity contribution is -0.0929. The molecule has 6 heteroatoms. The van der Waals surface area contributed by atoms with E-state index in [1.165, 1.54) is 5.57 Å². The van der Waals surface area contributed by atoms with Crippen molar-refractivity contribution in [3.05, 3.63) is 41.0 Å². The molecule has 4 rings (SSSR count). The maximum atomic E-state index is 11.6. The molecule has 4 nitrogen and oxygen atoms in total. The van der Waals surface area contributed by atoms with Crippen LogP contribution < -0.4 is 4.74 Å². The van der Waals surface area contributed by atoms with Crippen LogP contribution in [0, 0.1) is 22.7 Å². The number of carboxylic acids is 1. The van der Waals surface area contributed by atoms with E-state index in [0.717, 1.165) is 49.8 Å². The average molecular weight is 584 g/mol. The van der Waals surface area contributed by atoms with Crippen molar-refractivity contribution in [2.24, 2.45) is 22.7 Å². The number of halogens is 2. The van der Waals surface area contributed by atoms with Gasteiger partial charge in [-0.1, -0.05) is 58.7 Å². The van der Waals surface area contributed by atoms with Gasteiger partial charge >= 0.3 is 5.97 Å². The van der Waals surface area contributed by atoms with Crippen LogP contribution in [0.5, 0.6) is 5.75 Å². The Morgan fingerprint density at radius 2 is 1.91 bits per heavy atom. The third-order valence-electron chi connectivity index (χ3n) is 9.00. The van der Waals surface area contributed by atoms with E-state index in [4.69, 9.17) is 4.74 Å². The number of fused-ring (bicyclic) bond motifs is 2. The molecule has 0 spiro atoms. The van der Waals surface area contributed by atoms with Crippen LogP contribution in [-0.4, -0.2) is 38.0 Å². The Kier molecular flexibility index (Phi) is 6.87. The number of hydrogen-bond donors (Lipinski definition) is 2. The minimum absolute atomic E-state index is 0.00279. The molecule has 1 saturated carbocycles. The number of aliphatic hydroxyl groups is 1. The smallest absolute Gasteiger partial charge is 0.335 e. The van der Waals surface area contributed by atoms with Crippen molar-refractivity contribution < 1.29 is 19.7 Å². The summed E-state index contributed by atoms with van der Waals surface area (Å²) in [7, 11) is 0. The largest absolute Gasteiger partial charge is 0.489 e. The summed E-state index contributed by atoms with van der Waals surface area (Å²) >= 11 is 7.92. The number of carbonyl (C=O) groups is 1. The summed E-state index contributed by atoms with van der Waals surface area (Å²) in [4.78, 5) is 12.3. The number of allylic oxidation sites excluding steroid dienone is 1. The standard InChI is InChI=1S/C27H36Br2O4/c1-25(2)21(27(4,32)12-10-22(25)28)9-11-26(3)19-14-18-13-16(24(30)31)5-7-20(18)33-15-17(19)6-8-23(26)29/h5-7,13,19,21-23,32H,8-12,14-15H2,1-4H3,(H,30,31). The molecule has 6 unspecified atom stereocenters. The molecule has 0 saturated heterocycles. The first-order chi connectivity index (χ1) is 15.4. The second-order valence-corrected chi connectivity index (χ2v) is 13.6. The molecule has 1 fully saturated rings. The zero-order valence-corrected chi connectivity index (χ0v) is 23.2. The van der Waals surface area contributed by atoms with Gasteiger partial charge in [-0.2, -0.15) is 0 Å². The van der Waals surface area contributed by atoms with Gasteiger partial charge in [-0.25, -0.2) is 4.79 Å². The Labute approximate surface area is 214 Å². The Morgan fingerprint density at radius 3 is 2.61 bits per heavy atom. The van der Waals surface area contributed by atoms with E-state index >= 15 is 0 Å². The normalized spacial score (nSPS) is 37.7. The van der Waals surface area contributed by atoms with E-state index in [1.807, 2.05) is 6.92 Å². The first-order valence-electron chi connectivity index (χ1n) is 12.0. The summed E-state index contributed by atoms with van der Waals surface area (Å²) in [6, 6.07) is 5.21. The number of carboxylic acid groups (broad SMARTS) is 1. The van der Waals surface area contributed by atoms with Crippen LogP contribution in [0.15, 0.2) is 29.8 Å². The molecule has 182 valence electrons. The lowest BCUT2D eigenvalue weighted by Gasteiger charge is -2.53. The van der Waals surface area contributed by atoms with Crippen molar-refractivity contribution in [2.75, 3.05) is 6.61 Å². The number of hydrogen-bond acceptors (Lipinski definition) is 3. The van der Waals surface area contributed by atoms with Gasteiger partial charge in [0.1, 0.15) is 12.4 Å². The van der Waals surface area contributed by atoms with Crippen molar-refractivity contribution in [3.63, 3.8) is 0 Å². The highest BCUT2D eigenvalue weighted by molar-refractivity contribution is 9.09. The summed E-state index contributed by atoms with van der Waals surface area (Å²) in [5, 5.41) is 20.8. The van der Waals surface area contributed by atoms with Gasteiger partial charge in [0.15, 0.2) is 0 Å². The molecule has 0 aromatic heterocycles. The molecule has 1 aromatic rings. The van der Waals surface area contributed by atoms with Crippen LogP contribution in [-0.2, 0) is 6.42 Å². The average Bonchev–Trinajstić information content (AvgIpc) is 2.93. The van der Waals surface area contributed by atoms with E-state index in [1.54, 1.807) is 18.2 Å². The van der Waals surface area contributed by atoms with Gasteiger partial charge in [0.05, 0.1) is 11.2 Å². The van der Waals surface area contributed by atoms with Crippen LogP contribution in [0.25, 0.3) is 0 Å². The summed E-state index contributed by atoms with van der Waals surface area (Å²) in [5.74, 6) is 0.343. The molecule has 1 aromatic carbocycles. The van der Waals surface area contributed by atoms with Crippen LogP contribution in [0.3, 0.4) is 0 Å². The van der Waals surface area contributed by atoms with E-state index in [0.29, 0.717) is 21.8 Å². The zero-order chi connectivity index (χ0) is 24.2. The highest BCUT2D eigenvalue weighted by Crippen LogP contribution is 2.56. The fourth-order valence-corrected chi connectivity index (χ4v) is 7.96. The van der Waals surface area contributed by atoms with E-state index < -0.39 is 11.6 Å². The molecule has 1 aliphatic heterocycles. The van der Waals surface area contributed by atoms with Crippen molar-refractivity contribution in [1.82, 2.24) is 0 Å². The third kappa shape index (κ3) is 4.56. The Bertz CT molecular complexity index is 953. The molecule has 2 aliphatic carbocycles. The Hall–Kier alpha value is -0.850. The summed E-state index contributed by atoms with van der Waals surface area (Å²) in [6.45, 7) is 9.51. The Balaban J connectivity index is 1.64.